The summed E-state index contributed by atoms with van der Waals surface area (Å²) in [5.74, 6) is 0. The van der Waals surface area contributed by atoms with Crippen molar-refractivity contribution in [2.24, 2.45) is 0 Å². The van der Waals surface area contributed by atoms with E-state index in [4.69, 9.17) is 0 Å². The predicted octanol–water partition coefficient (Wildman–Crippen LogP) is 10.1. The fourth-order valence-electron chi connectivity index (χ4n) is 6.62. The second-order valence-electron chi connectivity index (χ2n) is 8.58. The standard InChI is InChI=1S/4C6H13.Hf/c4*1-3-5-6-4-2;/h4*5H,3-4,6H2,1-2H3;. The molecule has 152 valence electrons. The zero-order valence-electron chi connectivity index (χ0n) is 19.3. The molecule has 0 heterocycles. The molecule has 0 bridgehead atoms. The molecule has 0 aliphatic heterocycles. The van der Waals surface area contributed by atoms with Gasteiger partial charge < -0.3 is 0 Å². The van der Waals surface area contributed by atoms with Crippen LogP contribution in [0.5, 0.6) is 0 Å². The Morgan fingerprint density at radius 2 is 0.600 bits per heavy atom. The molecule has 0 amide bonds. The van der Waals surface area contributed by atoms with Crippen molar-refractivity contribution in [1.82, 2.24) is 0 Å². The summed E-state index contributed by atoms with van der Waals surface area (Å²) in [5.41, 5.74) is 0. The van der Waals surface area contributed by atoms with Gasteiger partial charge in [0.25, 0.3) is 0 Å². The summed E-state index contributed by atoms with van der Waals surface area (Å²) in [6.45, 7) is 20.0. The Labute approximate surface area is 166 Å². The van der Waals surface area contributed by atoms with Crippen molar-refractivity contribution in [2.45, 2.75) is 147 Å². The minimum absolute atomic E-state index is 1.14. The zero-order chi connectivity index (χ0) is 19.3. The van der Waals surface area contributed by atoms with Gasteiger partial charge in [0.2, 0.25) is 0 Å². The van der Waals surface area contributed by atoms with Gasteiger partial charge in [0.1, 0.15) is 0 Å². The van der Waals surface area contributed by atoms with E-state index in [2.05, 4.69) is 55.4 Å². The summed E-state index contributed by atoms with van der Waals surface area (Å²) >= 11 is -2.58. The number of hydrogen-bond acceptors (Lipinski definition) is 0. The maximum absolute atomic E-state index is 2.58. The first-order valence-electron chi connectivity index (χ1n) is 12.1. The number of hydrogen-bond donors (Lipinski definition) is 0. The molecule has 0 N–H and O–H groups in total. The van der Waals surface area contributed by atoms with E-state index in [1.165, 1.54) is 51.4 Å². The van der Waals surface area contributed by atoms with Crippen molar-refractivity contribution >= 4 is 0 Å². The molecule has 0 rings (SSSR count). The molecule has 0 saturated carbocycles. The van der Waals surface area contributed by atoms with Crippen molar-refractivity contribution in [3.8, 4) is 0 Å². The van der Waals surface area contributed by atoms with Gasteiger partial charge in [0.15, 0.2) is 0 Å². The molecule has 0 aliphatic carbocycles. The quantitative estimate of drug-likeness (QED) is 0.178. The predicted molar refractivity (Wildman–Crippen MR) is 116 cm³/mol. The molecule has 0 aliphatic rings. The average molecular weight is 519 g/mol. The summed E-state index contributed by atoms with van der Waals surface area (Å²) in [6, 6.07) is 0. The molecule has 0 radical (unpaired) electrons. The summed E-state index contributed by atoms with van der Waals surface area (Å²) in [4.78, 5) is 0. The van der Waals surface area contributed by atoms with E-state index >= 15 is 0 Å². The van der Waals surface area contributed by atoms with Crippen LogP contribution in [-0.4, -0.2) is 0 Å². The molecule has 4 atom stereocenters. The fourth-order valence-corrected chi connectivity index (χ4v) is 42.5. The van der Waals surface area contributed by atoms with E-state index in [9.17, 15) is 0 Å². The molecule has 0 aromatic heterocycles. The molecule has 0 aromatic carbocycles. The number of rotatable bonds is 16. The van der Waals surface area contributed by atoms with E-state index < -0.39 is 20.0 Å². The van der Waals surface area contributed by atoms with Gasteiger partial charge in [-0.05, 0) is 0 Å². The minimum atomic E-state index is -2.58. The molecule has 0 saturated heterocycles. The van der Waals surface area contributed by atoms with Crippen molar-refractivity contribution in [3.05, 3.63) is 0 Å². The van der Waals surface area contributed by atoms with Crippen LogP contribution in [0, 0.1) is 0 Å². The molecule has 1 heteroatoms. The van der Waals surface area contributed by atoms with Crippen LogP contribution >= 0.6 is 0 Å². The average Bonchev–Trinajstić information content (AvgIpc) is 2.63. The van der Waals surface area contributed by atoms with Gasteiger partial charge in [-0.3, -0.25) is 0 Å². The Hall–Kier alpha value is 0.870. The van der Waals surface area contributed by atoms with Gasteiger partial charge in [-0.15, -0.1) is 0 Å². The second-order valence-corrected chi connectivity index (χ2v) is 27.5. The molecular formula is C24H52Hf. The fraction of sp³-hybridized carbons (Fsp3) is 1.00. The van der Waals surface area contributed by atoms with Crippen molar-refractivity contribution in [1.29, 1.82) is 0 Å². The van der Waals surface area contributed by atoms with E-state index in [-0.39, 0.29) is 0 Å². The Morgan fingerprint density at radius 1 is 0.400 bits per heavy atom. The van der Waals surface area contributed by atoms with Crippen LogP contribution < -0.4 is 0 Å². The van der Waals surface area contributed by atoms with Gasteiger partial charge in [0, 0.05) is 0 Å². The molecule has 4 unspecified atom stereocenters. The molecule has 25 heavy (non-hydrogen) atoms. The Kier molecular flexibility index (Phi) is 15.4. The third-order valence-electron chi connectivity index (χ3n) is 7.35. The van der Waals surface area contributed by atoms with Gasteiger partial charge in [0.05, 0.1) is 0 Å². The van der Waals surface area contributed by atoms with Crippen molar-refractivity contribution in [2.75, 3.05) is 0 Å². The van der Waals surface area contributed by atoms with Crippen LogP contribution in [0.1, 0.15) is 132 Å². The van der Waals surface area contributed by atoms with E-state index in [0.29, 0.717) is 0 Å². The van der Waals surface area contributed by atoms with Gasteiger partial charge >= 0.3 is 167 Å². The van der Waals surface area contributed by atoms with Crippen LogP contribution in [0.25, 0.3) is 0 Å². The first-order valence-corrected chi connectivity index (χ1v) is 20.4. The van der Waals surface area contributed by atoms with Crippen molar-refractivity contribution in [3.63, 3.8) is 0 Å². The van der Waals surface area contributed by atoms with Gasteiger partial charge in [-0.25, -0.2) is 0 Å². The molecular weight excluding hydrogens is 467 g/mol. The SMILES string of the molecule is CCC[CH](CC)[Hf]([CH](CC)CCC)([CH](CC)CCC)[CH](CC)CCC. The monoisotopic (exact) mass is 520 g/mol. The maximum atomic E-state index is 2.55. The van der Waals surface area contributed by atoms with Gasteiger partial charge in [-0.1, -0.05) is 0 Å². The second kappa shape index (κ2) is 14.9. The topological polar surface area (TPSA) is 0 Å². The third kappa shape index (κ3) is 6.46. The summed E-state index contributed by atoms with van der Waals surface area (Å²) in [6.07, 6.45) is 17.7. The normalized spacial score (nSPS) is 19.2. The first-order chi connectivity index (χ1) is 12.1. The first kappa shape index (κ1) is 25.9. The third-order valence-corrected chi connectivity index (χ3v) is 37.7. The Balaban J connectivity index is 6.41. The Bertz CT molecular complexity index is 237. The van der Waals surface area contributed by atoms with Crippen molar-refractivity contribution < 1.29 is 20.0 Å². The van der Waals surface area contributed by atoms with E-state index in [1.807, 2.05) is 0 Å². The molecule has 0 fully saturated rings. The van der Waals surface area contributed by atoms with Crippen LogP contribution in [0.4, 0.5) is 0 Å². The molecule has 0 spiro atoms. The zero-order valence-corrected chi connectivity index (χ0v) is 22.9. The molecule has 0 nitrogen and oxygen atoms in total. The van der Waals surface area contributed by atoms with Gasteiger partial charge in [-0.2, -0.15) is 0 Å². The van der Waals surface area contributed by atoms with E-state index in [1.54, 1.807) is 25.7 Å². The summed E-state index contributed by atoms with van der Waals surface area (Å²) in [7, 11) is 0. The molecule has 0 aromatic rings. The van der Waals surface area contributed by atoms with Crippen LogP contribution in [0.3, 0.4) is 0 Å². The summed E-state index contributed by atoms with van der Waals surface area (Å²) in [5, 5.41) is 0. The summed E-state index contributed by atoms with van der Waals surface area (Å²) < 4.78 is 4.56. The van der Waals surface area contributed by atoms with Crippen LogP contribution in [0.2, 0.25) is 14.7 Å². The Morgan fingerprint density at radius 3 is 0.720 bits per heavy atom. The van der Waals surface area contributed by atoms with Crippen LogP contribution in [0.15, 0.2) is 0 Å². The van der Waals surface area contributed by atoms with E-state index in [0.717, 1.165) is 14.7 Å². The van der Waals surface area contributed by atoms with Crippen LogP contribution in [-0.2, 0) is 20.0 Å².